The second-order valence-electron chi connectivity index (χ2n) is 6.25. The van der Waals surface area contributed by atoms with Crippen LogP contribution in [0.1, 0.15) is 27.0 Å². The first-order valence-electron chi connectivity index (χ1n) is 8.89. The molecule has 0 fully saturated rings. The van der Waals surface area contributed by atoms with Gasteiger partial charge in [0, 0.05) is 11.6 Å². The molecule has 0 aliphatic carbocycles. The molecule has 29 heavy (non-hydrogen) atoms. The Kier molecular flexibility index (Phi) is 6.32. The van der Waals surface area contributed by atoms with E-state index in [-0.39, 0.29) is 11.3 Å². The van der Waals surface area contributed by atoms with E-state index >= 15 is 0 Å². The fraction of sp³-hybridized carbons (Fsp3) is 0.0909. The number of nitrogens with one attached hydrogen (secondary N) is 1. The highest BCUT2D eigenvalue weighted by atomic mass is 16.6. The molecule has 1 N–H and O–H groups in total. The molecule has 146 valence electrons. The lowest BCUT2D eigenvalue weighted by atomic mass is 10.1. The summed E-state index contributed by atoms with van der Waals surface area (Å²) in [4.78, 5) is 22.7. The van der Waals surface area contributed by atoms with Crippen molar-refractivity contribution >= 4 is 17.8 Å². The van der Waals surface area contributed by atoms with Crippen molar-refractivity contribution in [3.05, 3.63) is 105 Å². The highest BCUT2D eigenvalue weighted by molar-refractivity contribution is 5.97. The first-order chi connectivity index (χ1) is 14.0. The van der Waals surface area contributed by atoms with Crippen LogP contribution in [0.15, 0.2) is 77.9 Å². The lowest BCUT2D eigenvalue weighted by molar-refractivity contribution is -0.385. The molecule has 0 atom stereocenters. The molecule has 7 heteroatoms. The van der Waals surface area contributed by atoms with E-state index in [1.165, 1.54) is 31.3 Å². The second kappa shape index (κ2) is 9.27. The lowest BCUT2D eigenvalue weighted by Gasteiger charge is -2.06. The third-order valence-electron chi connectivity index (χ3n) is 4.25. The summed E-state index contributed by atoms with van der Waals surface area (Å²) in [5.74, 6) is 0.215. The van der Waals surface area contributed by atoms with Gasteiger partial charge in [-0.2, -0.15) is 5.10 Å². The predicted molar refractivity (Wildman–Crippen MR) is 110 cm³/mol. The number of nitro benzene ring substituents is 1. The number of nitrogens with zero attached hydrogens (tertiary/aromatic N) is 2. The standard InChI is InChI=1S/C22H19N3O4/c1-16-20(8-5-9-21(16)25(27)28)22(26)24-23-14-17-10-12-19(13-11-17)29-15-18-6-3-2-4-7-18/h2-14H,15H2,1H3,(H,24,26)/b23-14+. The molecule has 0 aliphatic heterocycles. The number of rotatable bonds is 7. The molecule has 3 aromatic rings. The van der Waals surface area contributed by atoms with Gasteiger partial charge in [-0.05, 0) is 48.4 Å². The molecule has 0 aromatic heterocycles. The van der Waals surface area contributed by atoms with Gasteiger partial charge in [-0.3, -0.25) is 14.9 Å². The Morgan fingerprint density at radius 2 is 1.79 bits per heavy atom. The Balaban J connectivity index is 1.57. The van der Waals surface area contributed by atoms with Crippen LogP contribution in [0.3, 0.4) is 0 Å². The second-order valence-corrected chi connectivity index (χ2v) is 6.25. The molecular formula is C22H19N3O4. The van der Waals surface area contributed by atoms with E-state index in [4.69, 9.17) is 4.74 Å². The number of hydrogen-bond donors (Lipinski definition) is 1. The molecule has 1 amide bonds. The normalized spacial score (nSPS) is 10.7. The van der Waals surface area contributed by atoms with Crippen LogP contribution in [0.5, 0.6) is 5.75 Å². The fourth-order valence-electron chi connectivity index (χ4n) is 2.68. The molecule has 0 aliphatic rings. The summed E-state index contributed by atoms with van der Waals surface area (Å²) in [6.07, 6.45) is 1.49. The van der Waals surface area contributed by atoms with E-state index in [0.29, 0.717) is 12.2 Å². The Hall–Kier alpha value is -4.00. The molecule has 0 radical (unpaired) electrons. The number of nitro groups is 1. The fourth-order valence-corrected chi connectivity index (χ4v) is 2.68. The maximum atomic E-state index is 12.2. The third-order valence-corrected chi connectivity index (χ3v) is 4.25. The Labute approximate surface area is 167 Å². The topological polar surface area (TPSA) is 93.8 Å². The van der Waals surface area contributed by atoms with E-state index in [9.17, 15) is 14.9 Å². The number of ether oxygens (including phenoxy) is 1. The SMILES string of the molecule is Cc1c(C(=O)N/N=C/c2ccc(OCc3ccccc3)cc2)cccc1[N+](=O)[O-]. The minimum atomic E-state index is -0.517. The van der Waals surface area contributed by atoms with Gasteiger partial charge in [-0.15, -0.1) is 0 Å². The summed E-state index contributed by atoms with van der Waals surface area (Å²) in [7, 11) is 0. The van der Waals surface area contributed by atoms with Gasteiger partial charge in [0.1, 0.15) is 12.4 Å². The molecule has 0 bridgehead atoms. The van der Waals surface area contributed by atoms with Crippen LogP contribution < -0.4 is 10.2 Å². The van der Waals surface area contributed by atoms with Gasteiger partial charge in [0.15, 0.2) is 0 Å². The number of carbonyl (C=O) groups is 1. The summed E-state index contributed by atoms with van der Waals surface area (Å²) < 4.78 is 5.72. The molecule has 0 saturated heterocycles. The predicted octanol–water partition coefficient (Wildman–Crippen LogP) is 4.25. The van der Waals surface area contributed by atoms with Crippen molar-refractivity contribution in [3.8, 4) is 5.75 Å². The van der Waals surface area contributed by atoms with Crippen LogP contribution >= 0.6 is 0 Å². The summed E-state index contributed by atoms with van der Waals surface area (Å²) in [5, 5.41) is 14.9. The van der Waals surface area contributed by atoms with Crippen molar-refractivity contribution in [1.29, 1.82) is 0 Å². The van der Waals surface area contributed by atoms with Crippen molar-refractivity contribution in [2.45, 2.75) is 13.5 Å². The highest BCUT2D eigenvalue weighted by Crippen LogP contribution is 2.21. The first kappa shape index (κ1) is 19.8. The van der Waals surface area contributed by atoms with Crippen molar-refractivity contribution in [3.63, 3.8) is 0 Å². The third kappa shape index (κ3) is 5.26. The smallest absolute Gasteiger partial charge is 0.273 e. The van der Waals surface area contributed by atoms with Gasteiger partial charge in [-0.25, -0.2) is 5.43 Å². The zero-order valence-electron chi connectivity index (χ0n) is 15.7. The minimum Gasteiger partial charge on any atom is -0.489 e. The molecule has 3 aromatic carbocycles. The van der Waals surface area contributed by atoms with Crippen LogP contribution in [0, 0.1) is 17.0 Å². The van der Waals surface area contributed by atoms with Crippen LogP contribution in [0.4, 0.5) is 5.69 Å². The van der Waals surface area contributed by atoms with Gasteiger partial charge in [0.2, 0.25) is 0 Å². The van der Waals surface area contributed by atoms with Crippen LogP contribution in [0.25, 0.3) is 0 Å². The Morgan fingerprint density at radius 1 is 1.07 bits per heavy atom. The minimum absolute atomic E-state index is 0.104. The summed E-state index contributed by atoms with van der Waals surface area (Å²) in [5.41, 5.74) is 4.65. The molecule has 3 rings (SSSR count). The Bertz CT molecular complexity index is 1030. The zero-order valence-corrected chi connectivity index (χ0v) is 15.7. The van der Waals surface area contributed by atoms with Gasteiger partial charge >= 0.3 is 0 Å². The van der Waals surface area contributed by atoms with E-state index in [2.05, 4.69) is 10.5 Å². The highest BCUT2D eigenvalue weighted by Gasteiger charge is 2.17. The van der Waals surface area contributed by atoms with Crippen LogP contribution in [-0.2, 0) is 6.61 Å². The lowest BCUT2D eigenvalue weighted by Crippen LogP contribution is -2.19. The van der Waals surface area contributed by atoms with Crippen molar-refractivity contribution in [1.82, 2.24) is 5.43 Å². The van der Waals surface area contributed by atoms with Gasteiger partial charge in [0.25, 0.3) is 11.6 Å². The molecule has 0 heterocycles. The number of carbonyl (C=O) groups excluding carboxylic acids is 1. The van der Waals surface area contributed by atoms with E-state index in [1.54, 1.807) is 0 Å². The number of amides is 1. The number of benzene rings is 3. The molecule has 0 saturated carbocycles. The molecule has 0 spiro atoms. The Morgan fingerprint density at radius 3 is 2.48 bits per heavy atom. The largest absolute Gasteiger partial charge is 0.489 e. The van der Waals surface area contributed by atoms with Crippen molar-refractivity contribution in [2.75, 3.05) is 0 Å². The van der Waals surface area contributed by atoms with Gasteiger partial charge in [-0.1, -0.05) is 36.4 Å². The molecule has 7 nitrogen and oxygen atoms in total. The number of hydrogen-bond acceptors (Lipinski definition) is 5. The maximum Gasteiger partial charge on any atom is 0.273 e. The van der Waals surface area contributed by atoms with E-state index in [0.717, 1.165) is 16.9 Å². The van der Waals surface area contributed by atoms with Gasteiger partial charge < -0.3 is 4.74 Å². The van der Waals surface area contributed by atoms with Gasteiger partial charge in [0.05, 0.1) is 16.7 Å². The summed E-state index contributed by atoms with van der Waals surface area (Å²) in [6.45, 7) is 2.01. The van der Waals surface area contributed by atoms with Crippen LogP contribution in [-0.4, -0.2) is 17.0 Å². The van der Waals surface area contributed by atoms with Crippen LogP contribution in [0.2, 0.25) is 0 Å². The average Bonchev–Trinajstić information content (AvgIpc) is 2.74. The number of hydrazone groups is 1. The van der Waals surface area contributed by atoms with Crippen molar-refractivity contribution < 1.29 is 14.5 Å². The molecular weight excluding hydrogens is 370 g/mol. The monoisotopic (exact) mass is 389 g/mol. The van der Waals surface area contributed by atoms with Crippen molar-refractivity contribution in [2.24, 2.45) is 5.10 Å². The van der Waals surface area contributed by atoms with E-state index < -0.39 is 10.8 Å². The zero-order chi connectivity index (χ0) is 20.6. The quantitative estimate of drug-likeness (QED) is 0.371. The average molecular weight is 389 g/mol. The summed E-state index contributed by atoms with van der Waals surface area (Å²) >= 11 is 0. The van der Waals surface area contributed by atoms with E-state index in [1.807, 2.05) is 54.6 Å². The maximum absolute atomic E-state index is 12.2. The first-order valence-corrected chi connectivity index (χ1v) is 8.89. The summed E-state index contributed by atoms with van der Waals surface area (Å²) in [6, 6.07) is 21.5. The molecule has 0 unspecified atom stereocenters.